The molecule has 2 aliphatic carbocycles. The van der Waals surface area contributed by atoms with E-state index < -0.39 is 0 Å². The van der Waals surface area contributed by atoms with Gasteiger partial charge in [0.2, 0.25) is 5.91 Å². The topological polar surface area (TPSA) is 55.1 Å². The molecule has 3 N–H and O–H groups in total. The van der Waals surface area contributed by atoms with Crippen molar-refractivity contribution in [1.29, 1.82) is 0 Å². The Morgan fingerprint density at radius 2 is 2.11 bits per heavy atom. The van der Waals surface area contributed by atoms with Crippen molar-refractivity contribution < 1.29 is 4.79 Å². The van der Waals surface area contributed by atoms with Gasteiger partial charge in [-0.2, -0.15) is 11.8 Å². The molecule has 4 heteroatoms. The van der Waals surface area contributed by atoms with Gasteiger partial charge >= 0.3 is 0 Å². The summed E-state index contributed by atoms with van der Waals surface area (Å²) in [6, 6.07) is 0.0601. The van der Waals surface area contributed by atoms with Gasteiger partial charge in [0, 0.05) is 17.3 Å². The Balaban J connectivity index is 1.82. The van der Waals surface area contributed by atoms with E-state index in [1.54, 1.807) is 0 Å². The highest BCUT2D eigenvalue weighted by Gasteiger charge is 2.32. The lowest BCUT2D eigenvalue weighted by Gasteiger charge is -2.36. The van der Waals surface area contributed by atoms with Crippen molar-refractivity contribution in [2.24, 2.45) is 11.7 Å². The van der Waals surface area contributed by atoms with Crippen LogP contribution >= 0.6 is 11.8 Å². The second kappa shape index (κ2) is 6.11. The van der Waals surface area contributed by atoms with E-state index in [4.69, 9.17) is 5.73 Å². The van der Waals surface area contributed by atoms with Crippen LogP contribution in [-0.2, 0) is 4.79 Å². The van der Waals surface area contributed by atoms with Crippen LogP contribution < -0.4 is 11.1 Å². The van der Waals surface area contributed by atoms with Crippen LogP contribution in [0.5, 0.6) is 0 Å². The van der Waals surface area contributed by atoms with E-state index >= 15 is 0 Å². The van der Waals surface area contributed by atoms with E-state index in [1.807, 2.05) is 23.9 Å². The van der Waals surface area contributed by atoms with E-state index in [0.29, 0.717) is 0 Å². The summed E-state index contributed by atoms with van der Waals surface area (Å²) >= 11 is 1.92. The molecule has 3 nitrogen and oxygen atoms in total. The predicted molar refractivity (Wildman–Crippen MR) is 77.6 cm³/mol. The first kappa shape index (κ1) is 13.9. The number of thioether (sulfide) groups is 1. The Kier molecular flexibility index (Phi) is 4.73. The van der Waals surface area contributed by atoms with Crippen molar-refractivity contribution in [2.45, 2.75) is 49.3 Å². The van der Waals surface area contributed by atoms with Crippen LogP contribution in [0.25, 0.3) is 0 Å². The van der Waals surface area contributed by atoms with Crippen molar-refractivity contribution in [3.8, 4) is 0 Å². The second-order valence-electron chi connectivity index (χ2n) is 5.56. The van der Waals surface area contributed by atoms with Gasteiger partial charge in [0.15, 0.2) is 0 Å². The third kappa shape index (κ3) is 3.29. The van der Waals surface area contributed by atoms with Crippen molar-refractivity contribution in [3.63, 3.8) is 0 Å². The number of nitrogens with two attached hydrogens (primary N) is 1. The first-order valence-electron chi connectivity index (χ1n) is 6.92. The van der Waals surface area contributed by atoms with Gasteiger partial charge in [0.1, 0.15) is 0 Å². The van der Waals surface area contributed by atoms with Crippen LogP contribution in [0.1, 0.15) is 38.5 Å². The summed E-state index contributed by atoms with van der Waals surface area (Å²) in [4.78, 5) is 12.1. The normalized spacial score (nSPS) is 30.3. The van der Waals surface area contributed by atoms with E-state index in [2.05, 4.69) is 11.6 Å². The molecule has 0 radical (unpaired) electrons. The maximum atomic E-state index is 12.1. The molecule has 1 saturated carbocycles. The highest BCUT2D eigenvalue weighted by Crippen LogP contribution is 2.38. The van der Waals surface area contributed by atoms with E-state index in [-0.39, 0.29) is 22.6 Å². The van der Waals surface area contributed by atoms with Crippen LogP contribution in [0, 0.1) is 5.92 Å². The number of rotatable bonds is 4. The van der Waals surface area contributed by atoms with E-state index in [1.165, 1.54) is 32.1 Å². The number of amides is 1. The average molecular weight is 268 g/mol. The molecule has 1 fully saturated rings. The number of nitrogens with one attached hydrogen (secondary N) is 1. The highest BCUT2D eigenvalue weighted by molar-refractivity contribution is 8.00. The van der Waals surface area contributed by atoms with Gasteiger partial charge in [0.05, 0.1) is 5.92 Å². The molecule has 0 bridgehead atoms. The van der Waals surface area contributed by atoms with Gasteiger partial charge in [-0.15, -0.1) is 0 Å². The molecular formula is C14H24N2OS. The third-order valence-corrected chi connectivity index (χ3v) is 5.65. The minimum atomic E-state index is -0.0116. The summed E-state index contributed by atoms with van der Waals surface area (Å²) < 4.78 is 0.276. The molecule has 2 unspecified atom stereocenters. The van der Waals surface area contributed by atoms with Crippen LogP contribution in [0.2, 0.25) is 0 Å². The predicted octanol–water partition coefficient (Wildman–Crippen LogP) is 2.07. The lowest BCUT2D eigenvalue weighted by Crippen LogP contribution is -2.43. The Bertz CT molecular complexity index is 324. The number of carbonyl (C=O) groups is 1. The molecule has 2 aliphatic rings. The minimum Gasteiger partial charge on any atom is -0.354 e. The molecule has 0 aromatic heterocycles. The Labute approximate surface area is 114 Å². The summed E-state index contributed by atoms with van der Waals surface area (Å²) in [5, 5.41) is 3.14. The molecule has 2 atom stereocenters. The van der Waals surface area contributed by atoms with Gasteiger partial charge in [0.25, 0.3) is 0 Å². The molecule has 0 aromatic carbocycles. The maximum absolute atomic E-state index is 12.1. The minimum absolute atomic E-state index is 0.0116. The highest BCUT2D eigenvalue weighted by atomic mass is 32.2. The monoisotopic (exact) mass is 268 g/mol. The zero-order valence-corrected chi connectivity index (χ0v) is 12.0. The molecule has 0 saturated heterocycles. The van der Waals surface area contributed by atoms with Gasteiger partial charge < -0.3 is 11.1 Å². The zero-order valence-electron chi connectivity index (χ0n) is 11.2. The number of hydrogen-bond donors (Lipinski definition) is 2. The van der Waals surface area contributed by atoms with Crippen LogP contribution in [0.4, 0.5) is 0 Å². The summed E-state index contributed by atoms with van der Waals surface area (Å²) in [5.41, 5.74) is 5.78. The first-order valence-corrected chi connectivity index (χ1v) is 8.14. The molecule has 1 amide bonds. The number of carbonyl (C=O) groups excluding carboxylic acids is 1. The van der Waals surface area contributed by atoms with E-state index in [9.17, 15) is 4.79 Å². The second-order valence-corrected chi connectivity index (χ2v) is 6.83. The van der Waals surface area contributed by atoms with Crippen LogP contribution in [0.15, 0.2) is 12.2 Å². The Morgan fingerprint density at radius 1 is 1.39 bits per heavy atom. The van der Waals surface area contributed by atoms with Gasteiger partial charge in [-0.05, 0) is 25.5 Å². The molecule has 18 heavy (non-hydrogen) atoms. The standard InChI is InChI=1S/C14H24N2OS/c1-18-14(7-3-2-4-8-14)10-16-13(17)11-5-6-12(15)9-11/h5-6,11-12H,2-4,7-10,15H2,1H3,(H,16,17). The van der Waals surface area contributed by atoms with Crippen molar-refractivity contribution in [1.82, 2.24) is 5.32 Å². The summed E-state index contributed by atoms with van der Waals surface area (Å²) in [6.07, 6.45) is 13.2. The fraction of sp³-hybridized carbons (Fsp3) is 0.786. The lowest BCUT2D eigenvalue weighted by atomic mass is 9.88. The third-order valence-electron chi connectivity index (χ3n) is 4.24. The van der Waals surface area contributed by atoms with E-state index in [0.717, 1.165) is 13.0 Å². The van der Waals surface area contributed by atoms with Crippen molar-refractivity contribution in [2.75, 3.05) is 12.8 Å². The maximum Gasteiger partial charge on any atom is 0.227 e. The van der Waals surface area contributed by atoms with Gasteiger partial charge in [-0.3, -0.25) is 4.79 Å². The largest absolute Gasteiger partial charge is 0.354 e. The molecular weight excluding hydrogens is 244 g/mol. The number of hydrogen-bond acceptors (Lipinski definition) is 3. The fourth-order valence-corrected chi connectivity index (χ4v) is 3.86. The smallest absolute Gasteiger partial charge is 0.227 e. The molecule has 0 aliphatic heterocycles. The first-order chi connectivity index (χ1) is 8.65. The van der Waals surface area contributed by atoms with Crippen molar-refractivity contribution in [3.05, 3.63) is 12.2 Å². The van der Waals surface area contributed by atoms with Crippen LogP contribution in [0.3, 0.4) is 0 Å². The summed E-state index contributed by atoms with van der Waals surface area (Å²) in [5.74, 6) is 0.140. The molecule has 102 valence electrons. The molecule has 0 aromatic rings. The molecule has 2 rings (SSSR count). The van der Waals surface area contributed by atoms with Crippen LogP contribution in [-0.4, -0.2) is 29.5 Å². The SMILES string of the molecule is CSC1(CNC(=O)C2C=CC(N)C2)CCCCC1. The quantitative estimate of drug-likeness (QED) is 0.768. The molecule has 0 spiro atoms. The molecule has 0 heterocycles. The summed E-state index contributed by atoms with van der Waals surface area (Å²) in [6.45, 7) is 0.812. The average Bonchev–Trinajstić information content (AvgIpc) is 2.84. The summed E-state index contributed by atoms with van der Waals surface area (Å²) in [7, 11) is 0. The zero-order chi connectivity index (χ0) is 13.0. The Hall–Kier alpha value is -0.480. The van der Waals surface area contributed by atoms with Gasteiger partial charge in [-0.25, -0.2) is 0 Å². The fourth-order valence-electron chi connectivity index (χ4n) is 2.95. The van der Waals surface area contributed by atoms with Gasteiger partial charge in [-0.1, -0.05) is 31.4 Å². The van der Waals surface area contributed by atoms with Crippen molar-refractivity contribution >= 4 is 17.7 Å². The Morgan fingerprint density at radius 3 is 2.67 bits per heavy atom. The lowest BCUT2D eigenvalue weighted by molar-refractivity contribution is -0.123.